The van der Waals surface area contributed by atoms with Crippen molar-refractivity contribution in [1.29, 1.82) is 0 Å². The number of carbonyl (C=O) groups is 2. The molecule has 0 saturated carbocycles. The third-order valence-electron chi connectivity index (χ3n) is 4.09. The van der Waals surface area contributed by atoms with Gasteiger partial charge in [0.15, 0.2) is 6.61 Å². The molecule has 8 heteroatoms. The van der Waals surface area contributed by atoms with Crippen LogP contribution in [0.2, 0.25) is 0 Å². The summed E-state index contributed by atoms with van der Waals surface area (Å²) in [5.74, 6) is 1.07. The van der Waals surface area contributed by atoms with E-state index >= 15 is 0 Å². The van der Waals surface area contributed by atoms with Crippen LogP contribution in [0.5, 0.6) is 11.5 Å². The van der Waals surface area contributed by atoms with Crippen LogP contribution >= 0.6 is 12.4 Å². The van der Waals surface area contributed by atoms with Crippen LogP contribution in [0, 0.1) is 5.92 Å². The Morgan fingerprint density at radius 2 is 1.88 bits per heavy atom. The molecule has 1 fully saturated rings. The lowest BCUT2D eigenvalue weighted by Crippen LogP contribution is -2.47. The van der Waals surface area contributed by atoms with Crippen LogP contribution in [-0.2, 0) is 9.59 Å². The van der Waals surface area contributed by atoms with E-state index < -0.39 is 0 Å². The number of piperidine rings is 1. The van der Waals surface area contributed by atoms with Crippen molar-refractivity contribution in [2.45, 2.75) is 19.8 Å². The smallest absolute Gasteiger partial charge is 0.260 e. The predicted molar refractivity (Wildman–Crippen MR) is 102 cm³/mol. The second kappa shape index (κ2) is 11.6. The summed E-state index contributed by atoms with van der Waals surface area (Å²) in [7, 11) is 0. The number of hydrogen-bond donors (Lipinski definition) is 2. The van der Waals surface area contributed by atoms with Gasteiger partial charge in [0.2, 0.25) is 5.91 Å². The molecular weight excluding hydrogens is 358 g/mol. The zero-order valence-corrected chi connectivity index (χ0v) is 15.9. The molecule has 2 rings (SSSR count). The fraction of sp³-hybridized carbons (Fsp3) is 0.556. The molecule has 7 nitrogen and oxygen atoms in total. The molecule has 0 radical (unpaired) electrons. The average molecular weight is 386 g/mol. The number of rotatable bonds is 8. The van der Waals surface area contributed by atoms with Crippen molar-refractivity contribution in [3.05, 3.63) is 24.3 Å². The summed E-state index contributed by atoms with van der Waals surface area (Å²) in [5.41, 5.74) is 5.40. The van der Waals surface area contributed by atoms with Gasteiger partial charge in [-0.2, -0.15) is 0 Å². The number of hydrogen-bond acceptors (Lipinski definition) is 5. The van der Waals surface area contributed by atoms with Gasteiger partial charge in [0, 0.05) is 26.2 Å². The molecule has 1 unspecified atom stereocenters. The summed E-state index contributed by atoms with van der Waals surface area (Å²) in [6.07, 6.45) is 1.61. The van der Waals surface area contributed by atoms with Gasteiger partial charge in [-0.15, -0.1) is 12.4 Å². The highest BCUT2D eigenvalue weighted by molar-refractivity contribution is 5.85. The molecule has 0 aliphatic carbocycles. The van der Waals surface area contributed by atoms with Gasteiger partial charge >= 0.3 is 0 Å². The minimum atomic E-state index is -0.172. The van der Waals surface area contributed by atoms with E-state index in [1.165, 1.54) is 0 Å². The van der Waals surface area contributed by atoms with E-state index in [0.717, 1.165) is 18.6 Å². The Kier molecular flexibility index (Phi) is 9.83. The maximum atomic E-state index is 12.3. The first-order valence-corrected chi connectivity index (χ1v) is 8.75. The van der Waals surface area contributed by atoms with E-state index in [4.69, 9.17) is 15.2 Å². The zero-order valence-electron chi connectivity index (χ0n) is 15.1. The molecule has 2 amide bonds. The summed E-state index contributed by atoms with van der Waals surface area (Å²) in [6.45, 7) is 4.46. The van der Waals surface area contributed by atoms with Crippen LogP contribution in [-0.4, -0.2) is 56.1 Å². The number of benzene rings is 1. The molecule has 1 heterocycles. The minimum Gasteiger partial charge on any atom is -0.494 e. The standard InChI is InChI=1S/C18H27N3O4.ClH/c1-2-24-15-5-7-16(8-6-15)25-13-17(22)21-11-3-4-14(12-21)18(23)20-10-9-19;/h5-8,14H,2-4,9-13,19H2,1H3,(H,20,23);1H. The number of likely N-dealkylation sites (tertiary alicyclic amines) is 1. The number of amides is 2. The Morgan fingerprint density at radius 3 is 2.50 bits per heavy atom. The fourth-order valence-electron chi connectivity index (χ4n) is 2.79. The van der Waals surface area contributed by atoms with Gasteiger partial charge < -0.3 is 25.4 Å². The number of nitrogens with two attached hydrogens (primary N) is 1. The third kappa shape index (κ3) is 6.72. The normalized spacial score (nSPS) is 16.4. The third-order valence-corrected chi connectivity index (χ3v) is 4.09. The molecule has 1 aromatic carbocycles. The first-order chi connectivity index (χ1) is 12.1. The molecule has 1 aliphatic heterocycles. The Bertz CT molecular complexity index is 568. The quantitative estimate of drug-likeness (QED) is 0.701. The summed E-state index contributed by atoms with van der Waals surface area (Å²) in [6, 6.07) is 7.17. The minimum absolute atomic E-state index is 0. The van der Waals surface area contributed by atoms with Crippen molar-refractivity contribution >= 4 is 24.2 Å². The van der Waals surface area contributed by atoms with Crippen molar-refractivity contribution < 1.29 is 19.1 Å². The van der Waals surface area contributed by atoms with E-state index in [1.54, 1.807) is 17.0 Å². The van der Waals surface area contributed by atoms with Crippen LogP contribution in [0.15, 0.2) is 24.3 Å². The van der Waals surface area contributed by atoms with Crippen LogP contribution in [0.4, 0.5) is 0 Å². The summed E-state index contributed by atoms with van der Waals surface area (Å²) in [5, 5.41) is 2.79. The predicted octanol–water partition coefficient (Wildman–Crippen LogP) is 1.20. The van der Waals surface area contributed by atoms with Gasteiger partial charge in [0.25, 0.3) is 5.91 Å². The van der Waals surface area contributed by atoms with Crippen molar-refractivity contribution in [1.82, 2.24) is 10.2 Å². The van der Waals surface area contributed by atoms with E-state index in [9.17, 15) is 9.59 Å². The second-order valence-corrected chi connectivity index (χ2v) is 5.95. The first-order valence-electron chi connectivity index (χ1n) is 8.75. The molecular formula is C18H28ClN3O4. The zero-order chi connectivity index (χ0) is 18.1. The highest BCUT2D eigenvalue weighted by atomic mass is 35.5. The molecule has 0 bridgehead atoms. The van der Waals surface area contributed by atoms with Gasteiger partial charge in [0.05, 0.1) is 12.5 Å². The largest absolute Gasteiger partial charge is 0.494 e. The van der Waals surface area contributed by atoms with E-state index in [1.807, 2.05) is 19.1 Å². The average Bonchev–Trinajstić information content (AvgIpc) is 2.65. The van der Waals surface area contributed by atoms with Gasteiger partial charge in [-0.05, 0) is 44.0 Å². The monoisotopic (exact) mass is 385 g/mol. The Morgan fingerprint density at radius 1 is 1.23 bits per heavy atom. The molecule has 0 aromatic heterocycles. The molecule has 146 valence electrons. The lowest BCUT2D eigenvalue weighted by atomic mass is 9.97. The molecule has 3 N–H and O–H groups in total. The van der Waals surface area contributed by atoms with Crippen molar-refractivity contribution in [3.8, 4) is 11.5 Å². The van der Waals surface area contributed by atoms with E-state index in [2.05, 4.69) is 5.32 Å². The highest BCUT2D eigenvalue weighted by Gasteiger charge is 2.28. The summed E-state index contributed by atoms with van der Waals surface area (Å²) < 4.78 is 10.9. The lowest BCUT2D eigenvalue weighted by molar-refractivity contribution is -0.137. The van der Waals surface area contributed by atoms with Gasteiger partial charge in [0.1, 0.15) is 11.5 Å². The fourth-order valence-corrected chi connectivity index (χ4v) is 2.79. The molecule has 1 saturated heterocycles. The molecule has 0 spiro atoms. The molecule has 1 atom stereocenters. The second-order valence-electron chi connectivity index (χ2n) is 5.95. The first kappa shape index (κ1) is 22.1. The van der Waals surface area contributed by atoms with Crippen LogP contribution < -0.4 is 20.5 Å². The summed E-state index contributed by atoms with van der Waals surface area (Å²) in [4.78, 5) is 26.1. The summed E-state index contributed by atoms with van der Waals surface area (Å²) >= 11 is 0. The van der Waals surface area contributed by atoms with Crippen molar-refractivity contribution in [2.75, 3.05) is 39.4 Å². The van der Waals surface area contributed by atoms with Crippen molar-refractivity contribution in [2.24, 2.45) is 11.7 Å². The van der Waals surface area contributed by atoms with Crippen LogP contribution in [0.1, 0.15) is 19.8 Å². The van der Waals surface area contributed by atoms with Crippen LogP contribution in [0.25, 0.3) is 0 Å². The molecule has 26 heavy (non-hydrogen) atoms. The maximum absolute atomic E-state index is 12.3. The molecule has 1 aromatic rings. The van der Waals surface area contributed by atoms with Gasteiger partial charge in [-0.3, -0.25) is 9.59 Å². The van der Waals surface area contributed by atoms with Crippen LogP contribution in [0.3, 0.4) is 0 Å². The number of ether oxygens (including phenoxy) is 2. The lowest BCUT2D eigenvalue weighted by Gasteiger charge is -2.32. The Labute approximate surface area is 160 Å². The highest BCUT2D eigenvalue weighted by Crippen LogP contribution is 2.19. The topological polar surface area (TPSA) is 93.9 Å². The molecule has 1 aliphatic rings. The number of halogens is 1. The van der Waals surface area contributed by atoms with Crippen molar-refractivity contribution in [3.63, 3.8) is 0 Å². The Hall–Kier alpha value is -1.99. The number of nitrogens with zero attached hydrogens (tertiary/aromatic N) is 1. The van der Waals surface area contributed by atoms with E-state index in [-0.39, 0.29) is 36.7 Å². The van der Waals surface area contributed by atoms with Gasteiger partial charge in [-0.1, -0.05) is 0 Å². The maximum Gasteiger partial charge on any atom is 0.260 e. The van der Waals surface area contributed by atoms with Gasteiger partial charge in [-0.25, -0.2) is 0 Å². The van der Waals surface area contributed by atoms with E-state index in [0.29, 0.717) is 38.5 Å². The number of nitrogens with one attached hydrogen (secondary N) is 1. The Balaban J connectivity index is 0.00000338. The number of carbonyl (C=O) groups excluding carboxylic acids is 2. The SMILES string of the molecule is CCOc1ccc(OCC(=O)N2CCCC(C(=O)NCCN)C2)cc1.Cl.